The van der Waals surface area contributed by atoms with E-state index in [1.807, 2.05) is 18.2 Å². The second kappa shape index (κ2) is 8.38. The maximum atomic E-state index is 13.5. The number of nitrogens with zero attached hydrogens (tertiary/aromatic N) is 4. The Kier molecular flexibility index (Phi) is 5.42. The molecular weight excluding hydrogens is 410 g/mol. The van der Waals surface area contributed by atoms with Crippen LogP contribution in [0, 0.1) is 0 Å². The lowest BCUT2D eigenvalue weighted by Crippen LogP contribution is -2.56. The van der Waals surface area contributed by atoms with Crippen molar-refractivity contribution in [3.63, 3.8) is 0 Å². The zero-order valence-corrected chi connectivity index (χ0v) is 17.9. The molecule has 5 rings (SSSR count). The summed E-state index contributed by atoms with van der Waals surface area (Å²) in [7, 11) is 0. The van der Waals surface area contributed by atoms with Gasteiger partial charge in [-0.15, -0.1) is 0 Å². The fourth-order valence-corrected chi connectivity index (χ4v) is 5.08. The van der Waals surface area contributed by atoms with Gasteiger partial charge >= 0.3 is 6.03 Å². The van der Waals surface area contributed by atoms with Crippen LogP contribution in [0.1, 0.15) is 41.8 Å². The fourth-order valence-electron chi connectivity index (χ4n) is 5.08. The zero-order chi connectivity index (χ0) is 22.1. The van der Waals surface area contributed by atoms with E-state index < -0.39 is 5.54 Å². The highest BCUT2D eigenvalue weighted by atomic mass is 16.5. The summed E-state index contributed by atoms with van der Waals surface area (Å²) in [6.45, 7) is 3.21. The lowest BCUT2D eigenvalue weighted by atomic mass is 9.87. The van der Waals surface area contributed by atoms with Crippen molar-refractivity contribution in [2.24, 2.45) is 0 Å². The van der Waals surface area contributed by atoms with E-state index in [-0.39, 0.29) is 29.6 Å². The molecule has 1 spiro atoms. The Bertz CT molecular complexity index is 985. The second-order valence-corrected chi connectivity index (χ2v) is 8.87. The predicted molar refractivity (Wildman–Crippen MR) is 114 cm³/mol. The van der Waals surface area contributed by atoms with Crippen molar-refractivity contribution in [3.8, 4) is 0 Å². The van der Waals surface area contributed by atoms with Crippen molar-refractivity contribution in [1.82, 2.24) is 25.2 Å². The molecule has 0 saturated carbocycles. The van der Waals surface area contributed by atoms with E-state index >= 15 is 0 Å². The van der Waals surface area contributed by atoms with Gasteiger partial charge < -0.3 is 14.7 Å². The van der Waals surface area contributed by atoms with E-state index in [0.29, 0.717) is 32.4 Å². The van der Waals surface area contributed by atoms with Gasteiger partial charge in [-0.25, -0.2) is 4.79 Å². The van der Waals surface area contributed by atoms with Crippen LogP contribution in [0.5, 0.6) is 0 Å². The van der Waals surface area contributed by atoms with Crippen LogP contribution in [-0.4, -0.2) is 75.5 Å². The Balaban J connectivity index is 1.23. The van der Waals surface area contributed by atoms with Crippen LogP contribution in [0.15, 0.2) is 47.1 Å². The Hall–Kier alpha value is -3.20. The third-order valence-electron chi connectivity index (χ3n) is 6.85. The number of nitrogens with one attached hydrogen (secondary N) is 1. The van der Waals surface area contributed by atoms with E-state index in [2.05, 4.69) is 27.5 Å². The number of rotatable bonds is 4. The summed E-state index contributed by atoms with van der Waals surface area (Å²) < 4.78 is 4.99. The van der Waals surface area contributed by atoms with Gasteiger partial charge in [0.2, 0.25) is 5.76 Å². The first kappa shape index (κ1) is 20.7. The molecule has 4 amide bonds. The monoisotopic (exact) mass is 437 g/mol. The lowest BCUT2D eigenvalue weighted by molar-refractivity contribution is -0.135. The molecule has 168 valence electrons. The molecular formula is C23H27N5O4. The quantitative estimate of drug-likeness (QED) is 0.733. The smallest absolute Gasteiger partial charge is 0.325 e. The van der Waals surface area contributed by atoms with Gasteiger partial charge in [0, 0.05) is 38.8 Å². The van der Waals surface area contributed by atoms with Crippen LogP contribution < -0.4 is 5.32 Å². The maximum Gasteiger partial charge on any atom is 0.325 e. The topological polar surface area (TPSA) is 99.0 Å². The Morgan fingerprint density at radius 1 is 1.12 bits per heavy atom. The van der Waals surface area contributed by atoms with E-state index in [1.165, 1.54) is 22.7 Å². The van der Waals surface area contributed by atoms with Gasteiger partial charge in [0.05, 0.1) is 12.2 Å². The van der Waals surface area contributed by atoms with E-state index in [9.17, 15) is 14.4 Å². The van der Waals surface area contributed by atoms with Crippen LogP contribution in [0.2, 0.25) is 0 Å². The first-order chi connectivity index (χ1) is 15.6. The summed E-state index contributed by atoms with van der Waals surface area (Å²) >= 11 is 0. The number of benzene rings is 1. The minimum absolute atomic E-state index is 0.152. The average Bonchev–Trinajstić information content (AvgIpc) is 3.43. The van der Waals surface area contributed by atoms with Crippen LogP contribution in [-0.2, 0) is 11.3 Å². The third-order valence-corrected chi connectivity index (χ3v) is 6.85. The molecule has 1 atom stereocenters. The number of carbonyl (C=O) groups is 3. The van der Waals surface area contributed by atoms with Crippen LogP contribution in [0.4, 0.5) is 4.79 Å². The molecule has 3 aliphatic rings. The van der Waals surface area contributed by atoms with Gasteiger partial charge in [0.1, 0.15) is 5.54 Å². The summed E-state index contributed by atoms with van der Waals surface area (Å²) in [6.07, 6.45) is 4.03. The highest BCUT2D eigenvalue weighted by molar-refractivity contribution is 6.07. The Morgan fingerprint density at radius 2 is 1.91 bits per heavy atom. The van der Waals surface area contributed by atoms with Gasteiger partial charge in [-0.2, -0.15) is 0 Å². The highest BCUT2D eigenvalue weighted by Gasteiger charge is 2.54. The number of carbonyl (C=O) groups excluding carboxylic acids is 3. The maximum absolute atomic E-state index is 13.5. The molecule has 0 aliphatic carbocycles. The molecule has 2 aromatic rings. The molecule has 0 unspecified atom stereocenters. The van der Waals surface area contributed by atoms with Crippen molar-refractivity contribution in [2.45, 2.75) is 43.8 Å². The molecule has 1 aromatic heterocycles. The number of urea groups is 1. The van der Waals surface area contributed by atoms with Crippen LogP contribution in [0.25, 0.3) is 0 Å². The third kappa shape index (κ3) is 3.77. The Labute approximate surface area is 186 Å². The first-order valence-corrected chi connectivity index (χ1v) is 11.2. The summed E-state index contributed by atoms with van der Waals surface area (Å²) in [5, 5.41) is 6.59. The summed E-state index contributed by atoms with van der Waals surface area (Å²) in [4.78, 5) is 44.3. The molecule has 3 aliphatic heterocycles. The number of amides is 4. The Morgan fingerprint density at radius 3 is 2.62 bits per heavy atom. The van der Waals surface area contributed by atoms with Crippen molar-refractivity contribution in [2.75, 3.05) is 26.2 Å². The fraction of sp³-hybridized carbons (Fsp3) is 0.478. The molecule has 4 heterocycles. The number of aromatic nitrogens is 1. The predicted octanol–water partition coefficient (Wildman–Crippen LogP) is 1.87. The standard InChI is InChI=1S/C23H27N5O4/c29-20(19-8-11-24-32-19)27-12-4-7-18(16-27)28-21(30)23(25-22(28)31)9-13-26(14-10-23)15-17-5-2-1-3-6-17/h1-3,5-6,8,11,18H,4,7,9-10,12-16H2,(H,25,31)/t18-/m0/s1. The van der Waals surface area contributed by atoms with Gasteiger partial charge in [-0.05, 0) is 31.2 Å². The zero-order valence-electron chi connectivity index (χ0n) is 17.9. The van der Waals surface area contributed by atoms with Crippen molar-refractivity contribution >= 4 is 17.8 Å². The highest BCUT2D eigenvalue weighted by Crippen LogP contribution is 2.33. The first-order valence-electron chi connectivity index (χ1n) is 11.2. The van der Waals surface area contributed by atoms with E-state index in [4.69, 9.17) is 4.52 Å². The van der Waals surface area contributed by atoms with Crippen molar-refractivity contribution in [3.05, 3.63) is 53.9 Å². The minimum Gasteiger partial charge on any atom is -0.351 e. The normalized spacial score (nSPS) is 23.6. The van der Waals surface area contributed by atoms with Gasteiger partial charge in [0.15, 0.2) is 0 Å². The molecule has 1 aromatic carbocycles. The molecule has 9 heteroatoms. The average molecular weight is 438 g/mol. The summed E-state index contributed by atoms with van der Waals surface area (Å²) in [5.74, 6) is -0.242. The molecule has 0 radical (unpaired) electrons. The second-order valence-electron chi connectivity index (χ2n) is 8.87. The van der Waals surface area contributed by atoms with Crippen LogP contribution in [0.3, 0.4) is 0 Å². The van der Waals surface area contributed by atoms with E-state index in [0.717, 1.165) is 26.1 Å². The number of piperidine rings is 2. The molecule has 3 saturated heterocycles. The van der Waals surface area contributed by atoms with Gasteiger partial charge in [-0.1, -0.05) is 35.5 Å². The molecule has 1 N–H and O–H groups in total. The minimum atomic E-state index is -0.832. The molecule has 9 nitrogen and oxygen atoms in total. The SMILES string of the molecule is O=C(c1ccno1)N1CCC[C@H](N2C(=O)NC3(CCN(Cc4ccccc4)CC3)C2=O)C1. The summed E-state index contributed by atoms with van der Waals surface area (Å²) in [5.41, 5.74) is 0.409. The van der Waals surface area contributed by atoms with Gasteiger partial charge in [0.25, 0.3) is 11.8 Å². The largest absolute Gasteiger partial charge is 0.351 e. The lowest BCUT2D eigenvalue weighted by Gasteiger charge is -2.39. The molecule has 0 bridgehead atoms. The number of likely N-dealkylation sites (tertiary alicyclic amines) is 2. The molecule has 32 heavy (non-hydrogen) atoms. The van der Waals surface area contributed by atoms with Gasteiger partial charge in [-0.3, -0.25) is 19.4 Å². The van der Waals surface area contributed by atoms with Crippen molar-refractivity contribution in [1.29, 1.82) is 0 Å². The van der Waals surface area contributed by atoms with E-state index in [1.54, 1.807) is 4.90 Å². The number of hydrogen-bond donors (Lipinski definition) is 1. The van der Waals surface area contributed by atoms with Crippen molar-refractivity contribution < 1.29 is 18.9 Å². The molecule has 3 fully saturated rings. The number of hydrogen-bond acceptors (Lipinski definition) is 6. The van der Waals surface area contributed by atoms with Crippen LogP contribution >= 0.6 is 0 Å². The number of imide groups is 1. The summed E-state index contributed by atoms with van der Waals surface area (Å²) in [6, 6.07) is 11.1.